The van der Waals surface area contributed by atoms with Crippen molar-refractivity contribution in [2.75, 3.05) is 11.4 Å². The van der Waals surface area contributed by atoms with Crippen molar-refractivity contribution in [3.63, 3.8) is 0 Å². The first-order valence-electron chi connectivity index (χ1n) is 14.6. The summed E-state index contributed by atoms with van der Waals surface area (Å²) in [4.78, 5) is 55.6. The molecule has 0 fully saturated rings. The van der Waals surface area contributed by atoms with Crippen molar-refractivity contribution in [3.8, 4) is 22.7 Å². The van der Waals surface area contributed by atoms with Gasteiger partial charge in [-0.15, -0.1) is 0 Å². The number of hydrogen-bond acceptors (Lipinski definition) is 9. The number of alkyl halides is 2. The molecule has 3 rings (SSSR count). The minimum absolute atomic E-state index is 0.0583. The maximum absolute atomic E-state index is 13.5. The number of ketones is 1. The van der Waals surface area contributed by atoms with Gasteiger partial charge in [0.15, 0.2) is 16.4 Å². The van der Waals surface area contributed by atoms with Crippen LogP contribution in [0, 0.1) is 0 Å². The fourth-order valence-electron chi connectivity index (χ4n) is 4.28. The Balaban J connectivity index is 1.84. The average molecular weight is 730 g/mol. The summed E-state index contributed by atoms with van der Waals surface area (Å²) in [5, 5.41) is 7.36. The third-order valence-corrected chi connectivity index (χ3v) is 7.21. The number of Topliss-reactive ketones (excluding diaryl/α,β-unsaturated/α-hetero) is 1. The van der Waals surface area contributed by atoms with Crippen LogP contribution in [-0.2, 0) is 23.9 Å². The standard InChI is InChI=1S/C32H36Cl4N4O7/c1-31(2,3)45-26(42)11-10-21(38-30(44)46-32(4,5)6)24(41)13-15-40(29(43)28(35)36)18-12-14-37-22(16-18)25-17-23(39-47-25)27-19(33)8-7-9-20(27)34/h7-9,12,14,16-17,21,28H,10-11,13,15H2,1-6H3,(H,38,44)/t21-/m1/s1. The highest BCUT2D eigenvalue weighted by Crippen LogP contribution is 2.36. The molecule has 2 heterocycles. The topological polar surface area (TPSA) is 141 Å². The van der Waals surface area contributed by atoms with Gasteiger partial charge in [-0.1, -0.05) is 57.6 Å². The predicted octanol–water partition coefficient (Wildman–Crippen LogP) is 7.82. The van der Waals surface area contributed by atoms with E-state index in [1.165, 1.54) is 23.2 Å². The zero-order valence-electron chi connectivity index (χ0n) is 26.7. The molecule has 1 aromatic carbocycles. The van der Waals surface area contributed by atoms with Gasteiger partial charge in [-0.25, -0.2) is 4.79 Å². The number of nitrogens with zero attached hydrogens (tertiary/aromatic N) is 3. The zero-order chi connectivity index (χ0) is 35.1. The van der Waals surface area contributed by atoms with Crippen molar-refractivity contribution in [2.24, 2.45) is 0 Å². The van der Waals surface area contributed by atoms with E-state index in [4.69, 9.17) is 60.4 Å². The first-order chi connectivity index (χ1) is 21.8. The lowest BCUT2D eigenvalue weighted by Crippen LogP contribution is -2.45. The van der Waals surface area contributed by atoms with E-state index in [9.17, 15) is 19.2 Å². The number of carbonyl (C=O) groups excluding carboxylic acids is 4. The Kier molecular flexibility index (Phi) is 13.1. The molecule has 2 aromatic heterocycles. The van der Waals surface area contributed by atoms with Gasteiger partial charge in [0.2, 0.25) is 0 Å². The molecule has 1 N–H and O–H groups in total. The molecule has 0 bridgehead atoms. The largest absolute Gasteiger partial charge is 0.460 e. The number of ether oxygens (including phenoxy) is 2. The molecular formula is C32H36Cl4N4O7. The lowest BCUT2D eigenvalue weighted by molar-refractivity contribution is -0.155. The summed E-state index contributed by atoms with van der Waals surface area (Å²) in [6.07, 6.45) is 0.151. The summed E-state index contributed by atoms with van der Waals surface area (Å²) >= 11 is 24.6. The van der Waals surface area contributed by atoms with E-state index >= 15 is 0 Å². The van der Waals surface area contributed by atoms with Crippen LogP contribution in [0.5, 0.6) is 0 Å². The second kappa shape index (κ2) is 16.1. The minimum atomic E-state index is -1.45. The molecule has 0 unspecified atom stereocenters. The van der Waals surface area contributed by atoms with E-state index in [0.29, 0.717) is 32.7 Å². The third kappa shape index (κ3) is 11.7. The lowest BCUT2D eigenvalue weighted by Gasteiger charge is -2.26. The Hall–Kier alpha value is -3.38. The van der Waals surface area contributed by atoms with Gasteiger partial charge >= 0.3 is 12.1 Å². The second-order valence-electron chi connectivity index (χ2n) is 12.4. The van der Waals surface area contributed by atoms with Crippen LogP contribution in [-0.4, -0.2) is 62.5 Å². The smallest absolute Gasteiger partial charge is 0.408 e. The number of alkyl carbamates (subject to hydrolysis) is 1. The van der Waals surface area contributed by atoms with Crippen molar-refractivity contribution in [1.82, 2.24) is 15.5 Å². The fraction of sp³-hybridized carbons (Fsp3) is 0.438. The van der Waals surface area contributed by atoms with Gasteiger partial charge in [0.25, 0.3) is 5.91 Å². The predicted molar refractivity (Wildman–Crippen MR) is 181 cm³/mol. The Labute approximate surface area is 293 Å². The third-order valence-electron chi connectivity index (χ3n) is 6.21. The van der Waals surface area contributed by atoms with Crippen molar-refractivity contribution in [2.45, 2.75) is 82.9 Å². The van der Waals surface area contributed by atoms with Crippen molar-refractivity contribution < 1.29 is 33.2 Å². The van der Waals surface area contributed by atoms with Gasteiger partial charge in [0.05, 0.1) is 16.1 Å². The fourth-order valence-corrected chi connectivity index (χ4v) is 5.10. The second-order valence-corrected chi connectivity index (χ2v) is 14.3. The first kappa shape index (κ1) is 38.1. The van der Waals surface area contributed by atoms with E-state index in [-0.39, 0.29) is 31.6 Å². The van der Waals surface area contributed by atoms with E-state index in [0.717, 1.165) is 0 Å². The molecule has 47 heavy (non-hydrogen) atoms. The summed E-state index contributed by atoms with van der Waals surface area (Å²) in [6.45, 7) is 10.0. The van der Waals surface area contributed by atoms with Gasteiger partial charge in [-0.2, -0.15) is 0 Å². The molecule has 0 aliphatic carbocycles. The number of anilines is 1. The molecule has 0 radical (unpaired) electrons. The zero-order valence-corrected chi connectivity index (χ0v) is 29.8. The van der Waals surface area contributed by atoms with Crippen LogP contribution in [0.3, 0.4) is 0 Å². The number of nitrogens with one attached hydrogen (secondary N) is 1. The number of pyridine rings is 1. The monoisotopic (exact) mass is 728 g/mol. The SMILES string of the molecule is CC(C)(C)OC(=O)CC[C@@H](NC(=O)OC(C)(C)C)C(=O)CCN(C(=O)C(Cl)Cl)c1ccnc(-c2cc(-c3c(Cl)cccc3Cl)no2)c1. The summed E-state index contributed by atoms with van der Waals surface area (Å²) in [5.41, 5.74) is -0.101. The number of rotatable bonds is 12. The highest BCUT2D eigenvalue weighted by Gasteiger charge is 2.29. The number of halogens is 4. The average Bonchev–Trinajstić information content (AvgIpc) is 3.43. The number of amides is 2. The normalized spacial score (nSPS) is 12.4. The van der Waals surface area contributed by atoms with Crippen molar-refractivity contribution >= 4 is 75.8 Å². The molecule has 2 amide bonds. The maximum Gasteiger partial charge on any atom is 0.408 e. The van der Waals surface area contributed by atoms with E-state index < -0.39 is 45.8 Å². The highest BCUT2D eigenvalue weighted by atomic mass is 35.5. The Bertz CT molecular complexity index is 1580. The van der Waals surface area contributed by atoms with Crippen molar-refractivity contribution in [1.29, 1.82) is 0 Å². The highest BCUT2D eigenvalue weighted by molar-refractivity contribution is 6.54. The van der Waals surface area contributed by atoms with Gasteiger partial charge in [-0.3, -0.25) is 19.4 Å². The van der Waals surface area contributed by atoms with Crippen LogP contribution < -0.4 is 10.2 Å². The number of benzene rings is 1. The molecule has 0 aliphatic rings. The van der Waals surface area contributed by atoms with Crippen LogP contribution in [0.4, 0.5) is 10.5 Å². The lowest BCUT2D eigenvalue weighted by atomic mass is 10.0. The summed E-state index contributed by atoms with van der Waals surface area (Å²) in [5.74, 6) is -1.46. The van der Waals surface area contributed by atoms with E-state index in [1.54, 1.807) is 65.8 Å². The molecule has 11 nitrogen and oxygen atoms in total. The van der Waals surface area contributed by atoms with Crippen LogP contribution in [0.15, 0.2) is 47.1 Å². The van der Waals surface area contributed by atoms with Gasteiger partial charge in [0, 0.05) is 42.9 Å². The number of esters is 1. The Morgan fingerprint density at radius 1 is 0.915 bits per heavy atom. The minimum Gasteiger partial charge on any atom is -0.460 e. The first-order valence-corrected chi connectivity index (χ1v) is 16.2. The van der Waals surface area contributed by atoms with Gasteiger partial charge < -0.3 is 24.2 Å². The van der Waals surface area contributed by atoms with Crippen LogP contribution in [0.2, 0.25) is 10.0 Å². The summed E-state index contributed by atoms with van der Waals surface area (Å²) < 4.78 is 16.2. The Morgan fingerprint density at radius 2 is 1.55 bits per heavy atom. The van der Waals surface area contributed by atoms with E-state index in [2.05, 4.69) is 15.5 Å². The number of carbonyl (C=O) groups is 4. The molecule has 254 valence electrons. The summed E-state index contributed by atoms with van der Waals surface area (Å²) in [7, 11) is 0. The van der Waals surface area contributed by atoms with Gasteiger partial charge in [0.1, 0.15) is 22.6 Å². The molecule has 0 saturated carbocycles. The van der Waals surface area contributed by atoms with Gasteiger partial charge in [-0.05, 0) is 72.2 Å². The summed E-state index contributed by atoms with van der Waals surface area (Å²) in [6, 6.07) is 8.59. The van der Waals surface area contributed by atoms with Crippen LogP contribution >= 0.6 is 46.4 Å². The molecule has 15 heteroatoms. The number of aromatic nitrogens is 2. The quantitative estimate of drug-likeness (QED) is 0.146. The number of hydrogen-bond donors (Lipinski definition) is 1. The molecular weight excluding hydrogens is 694 g/mol. The van der Waals surface area contributed by atoms with E-state index in [1.807, 2.05) is 0 Å². The molecule has 0 spiro atoms. The van der Waals surface area contributed by atoms with Crippen molar-refractivity contribution in [3.05, 3.63) is 52.6 Å². The molecule has 1 atom stereocenters. The molecule has 0 saturated heterocycles. The molecule has 0 aliphatic heterocycles. The van der Waals surface area contributed by atoms with Crippen LogP contribution in [0.1, 0.15) is 60.8 Å². The maximum atomic E-state index is 13.5. The van der Waals surface area contributed by atoms with Crippen LogP contribution in [0.25, 0.3) is 22.7 Å². The molecule has 3 aromatic rings. The Morgan fingerprint density at radius 3 is 2.15 bits per heavy atom.